The zero-order chi connectivity index (χ0) is 31.3. The van der Waals surface area contributed by atoms with Crippen LogP contribution in [0.4, 0.5) is 5.69 Å². The normalized spacial score (nSPS) is 13.2. The SMILES string of the molecule is CC(CC(C)(C)NCCOc1ccc2nc(C(C)(C)C)cn2c1)OCc1ccc(Oc2cccc(NC(C)(C)C)c2)cc1. The smallest absolute Gasteiger partial charge is 0.137 e. The summed E-state index contributed by atoms with van der Waals surface area (Å²) in [6.07, 6.45) is 5.06. The summed E-state index contributed by atoms with van der Waals surface area (Å²) in [5.74, 6) is 2.45. The number of nitrogens with one attached hydrogen (secondary N) is 2. The highest BCUT2D eigenvalue weighted by Gasteiger charge is 2.21. The minimum atomic E-state index is -0.0905. The summed E-state index contributed by atoms with van der Waals surface area (Å²) in [6, 6.07) is 20.1. The van der Waals surface area contributed by atoms with Gasteiger partial charge in [0, 0.05) is 41.0 Å². The van der Waals surface area contributed by atoms with E-state index in [1.54, 1.807) is 0 Å². The largest absolute Gasteiger partial charge is 0.491 e. The van der Waals surface area contributed by atoms with E-state index in [9.17, 15) is 0 Å². The molecule has 1 unspecified atom stereocenters. The summed E-state index contributed by atoms with van der Waals surface area (Å²) in [5, 5.41) is 7.10. The molecule has 0 aliphatic rings. The summed E-state index contributed by atoms with van der Waals surface area (Å²) in [5.41, 5.74) is 4.08. The van der Waals surface area contributed by atoms with Crippen LogP contribution in [0.25, 0.3) is 5.65 Å². The van der Waals surface area contributed by atoms with E-state index in [-0.39, 0.29) is 22.6 Å². The first-order valence-corrected chi connectivity index (χ1v) is 15.3. The van der Waals surface area contributed by atoms with E-state index in [2.05, 4.69) is 97.3 Å². The van der Waals surface area contributed by atoms with Crippen LogP contribution in [0, 0.1) is 0 Å². The fourth-order valence-corrected chi connectivity index (χ4v) is 4.92. The number of fused-ring (bicyclic) bond motifs is 1. The second-order valence-electron chi connectivity index (χ2n) is 14.1. The standard InChI is InChI=1S/C36H50N4O3/c1-26(42-25-27-13-15-29(16-14-27)43-30-12-10-11-28(21-30)39-35(5,6)7)22-36(8,9)37-19-20-41-31-17-18-33-38-32(34(2,3)4)24-40(33)23-31/h10-18,21,23-24,26,37,39H,19-20,22,25H2,1-9H3. The van der Waals surface area contributed by atoms with E-state index in [0.717, 1.165) is 52.8 Å². The van der Waals surface area contributed by atoms with Gasteiger partial charge in [-0.2, -0.15) is 0 Å². The molecule has 4 aromatic rings. The van der Waals surface area contributed by atoms with Gasteiger partial charge in [-0.25, -0.2) is 4.98 Å². The number of rotatable bonds is 13. The Hall–Kier alpha value is -3.55. The molecule has 7 nitrogen and oxygen atoms in total. The quantitative estimate of drug-likeness (QED) is 0.153. The van der Waals surface area contributed by atoms with E-state index in [1.165, 1.54) is 0 Å². The molecular formula is C36H50N4O3. The Labute approximate surface area is 258 Å². The highest BCUT2D eigenvalue weighted by Crippen LogP contribution is 2.27. The van der Waals surface area contributed by atoms with Gasteiger partial charge in [-0.1, -0.05) is 39.0 Å². The van der Waals surface area contributed by atoms with E-state index in [4.69, 9.17) is 19.2 Å². The zero-order valence-corrected chi connectivity index (χ0v) is 27.5. The number of pyridine rings is 1. The van der Waals surface area contributed by atoms with Gasteiger partial charge in [0.1, 0.15) is 29.5 Å². The summed E-state index contributed by atoms with van der Waals surface area (Å²) in [4.78, 5) is 4.72. The van der Waals surface area contributed by atoms with E-state index in [1.807, 2.05) is 53.1 Å². The van der Waals surface area contributed by atoms with Gasteiger partial charge >= 0.3 is 0 Å². The Kier molecular flexibility index (Phi) is 10.1. The first kappa shape index (κ1) is 32.4. The predicted octanol–water partition coefficient (Wildman–Crippen LogP) is 8.38. The second-order valence-corrected chi connectivity index (χ2v) is 14.1. The lowest BCUT2D eigenvalue weighted by atomic mass is 9.93. The molecule has 0 aliphatic heterocycles. The van der Waals surface area contributed by atoms with Crippen molar-refractivity contribution < 1.29 is 14.2 Å². The topological polar surface area (TPSA) is 69.1 Å². The average Bonchev–Trinajstić information content (AvgIpc) is 3.34. The van der Waals surface area contributed by atoms with E-state index < -0.39 is 0 Å². The van der Waals surface area contributed by atoms with Crippen molar-refractivity contribution in [2.45, 2.75) is 97.9 Å². The lowest BCUT2D eigenvalue weighted by molar-refractivity contribution is 0.0310. The lowest BCUT2D eigenvalue weighted by Gasteiger charge is -2.29. The third-order valence-corrected chi connectivity index (χ3v) is 7.01. The molecule has 2 heterocycles. The first-order valence-electron chi connectivity index (χ1n) is 15.3. The molecule has 0 aliphatic carbocycles. The van der Waals surface area contributed by atoms with E-state index in [0.29, 0.717) is 13.2 Å². The number of ether oxygens (including phenoxy) is 3. The van der Waals surface area contributed by atoms with Crippen LogP contribution >= 0.6 is 0 Å². The van der Waals surface area contributed by atoms with Gasteiger partial charge in [0.25, 0.3) is 0 Å². The van der Waals surface area contributed by atoms with Crippen molar-refractivity contribution in [3.8, 4) is 17.2 Å². The number of hydrogen-bond acceptors (Lipinski definition) is 6. The molecule has 43 heavy (non-hydrogen) atoms. The number of hydrogen-bond donors (Lipinski definition) is 2. The average molecular weight is 587 g/mol. The molecule has 2 aromatic carbocycles. The highest BCUT2D eigenvalue weighted by molar-refractivity contribution is 5.50. The maximum Gasteiger partial charge on any atom is 0.137 e. The lowest BCUT2D eigenvalue weighted by Crippen LogP contribution is -2.44. The van der Waals surface area contributed by atoms with Crippen molar-refractivity contribution in [2.24, 2.45) is 0 Å². The van der Waals surface area contributed by atoms with Crippen molar-refractivity contribution in [2.75, 3.05) is 18.5 Å². The van der Waals surface area contributed by atoms with Gasteiger partial charge in [-0.05, 0) is 89.9 Å². The summed E-state index contributed by atoms with van der Waals surface area (Å²) in [6.45, 7) is 21.4. The van der Waals surface area contributed by atoms with Crippen molar-refractivity contribution in [3.05, 3.63) is 84.3 Å². The van der Waals surface area contributed by atoms with Crippen LogP contribution in [0.3, 0.4) is 0 Å². The molecule has 232 valence electrons. The Morgan fingerprint density at radius 3 is 2.26 bits per heavy atom. The fraction of sp³-hybridized carbons (Fsp3) is 0.472. The molecule has 0 saturated carbocycles. The molecule has 0 fully saturated rings. The van der Waals surface area contributed by atoms with Crippen LogP contribution in [0.1, 0.15) is 80.0 Å². The molecule has 1 atom stereocenters. The molecule has 0 bridgehead atoms. The molecule has 0 saturated heterocycles. The van der Waals surface area contributed by atoms with Gasteiger partial charge < -0.3 is 29.2 Å². The maximum atomic E-state index is 6.20. The van der Waals surface area contributed by atoms with Crippen LogP contribution < -0.4 is 20.1 Å². The molecule has 7 heteroatoms. The van der Waals surface area contributed by atoms with Gasteiger partial charge in [0.2, 0.25) is 0 Å². The number of aromatic nitrogens is 2. The summed E-state index contributed by atoms with van der Waals surface area (Å²) < 4.78 is 20.4. The second kappa shape index (κ2) is 13.4. The molecule has 4 rings (SSSR count). The Morgan fingerprint density at radius 2 is 1.56 bits per heavy atom. The first-order chi connectivity index (χ1) is 20.1. The van der Waals surface area contributed by atoms with Crippen LogP contribution in [-0.4, -0.2) is 39.7 Å². The van der Waals surface area contributed by atoms with Gasteiger partial charge in [-0.15, -0.1) is 0 Å². The van der Waals surface area contributed by atoms with E-state index >= 15 is 0 Å². The van der Waals surface area contributed by atoms with Crippen LogP contribution in [-0.2, 0) is 16.8 Å². The number of benzene rings is 2. The monoisotopic (exact) mass is 586 g/mol. The maximum absolute atomic E-state index is 6.20. The summed E-state index contributed by atoms with van der Waals surface area (Å²) >= 11 is 0. The van der Waals surface area contributed by atoms with Crippen molar-refractivity contribution in [3.63, 3.8) is 0 Å². The zero-order valence-electron chi connectivity index (χ0n) is 27.5. The molecule has 2 N–H and O–H groups in total. The molecule has 0 amide bonds. The Morgan fingerprint density at radius 1 is 0.837 bits per heavy atom. The van der Waals surface area contributed by atoms with Gasteiger partial charge in [-0.3, -0.25) is 0 Å². The third-order valence-electron chi connectivity index (χ3n) is 7.01. The van der Waals surface area contributed by atoms with Gasteiger partial charge in [0.05, 0.1) is 24.6 Å². The van der Waals surface area contributed by atoms with Crippen LogP contribution in [0.15, 0.2) is 73.1 Å². The van der Waals surface area contributed by atoms with Crippen molar-refractivity contribution >= 4 is 11.3 Å². The molecule has 0 radical (unpaired) electrons. The predicted molar refractivity (Wildman–Crippen MR) is 177 cm³/mol. The summed E-state index contributed by atoms with van der Waals surface area (Å²) in [7, 11) is 0. The van der Waals surface area contributed by atoms with Crippen molar-refractivity contribution in [1.82, 2.24) is 14.7 Å². The van der Waals surface area contributed by atoms with Gasteiger partial charge in [0.15, 0.2) is 0 Å². The fourth-order valence-electron chi connectivity index (χ4n) is 4.92. The Balaban J connectivity index is 1.18. The number of nitrogens with zero attached hydrogens (tertiary/aromatic N) is 2. The minimum absolute atomic E-state index is 0.00841. The molecule has 2 aromatic heterocycles. The third kappa shape index (κ3) is 10.3. The molecule has 0 spiro atoms. The van der Waals surface area contributed by atoms with Crippen LogP contribution in [0.5, 0.6) is 17.2 Å². The minimum Gasteiger partial charge on any atom is -0.491 e. The van der Waals surface area contributed by atoms with Crippen LogP contribution in [0.2, 0.25) is 0 Å². The Bertz CT molecular complexity index is 1460. The van der Waals surface area contributed by atoms with Crippen molar-refractivity contribution in [1.29, 1.82) is 0 Å². The highest BCUT2D eigenvalue weighted by atomic mass is 16.5. The molecular weight excluding hydrogens is 536 g/mol. The number of anilines is 1. The number of imidazole rings is 1.